The predicted octanol–water partition coefficient (Wildman–Crippen LogP) is 0.513. The lowest BCUT2D eigenvalue weighted by molar-refractivity contribution is -0.117. The van der Waals surface area contributed by atoms with Crippen LogP contribution in [0.15, 0.2) is 18.2 Å². The Balaban J connectivity index is 1.78. The summed E-state index contributed by atoms with van der Waals surface area (Å²) in [5.74, 6) is -2.17. The average Bonchev–Trinajstić information content (AvgIpc) is 2.45. The molecular weight excluding hydrogens is 280 g/mol. The van der Waals surface area contributed by atoms with Crippen LogP contribution in [0.25, 0.3) is 0 Å². The number of nitrogens with one attached hydrogen (secondary N) is 1. The van der Waals surface area contributed by atoms with Gasteiger partial charge in [-0.25, -0.2) is 8.78 Å². The second-order valence-electron chi connectivity index (χ2n) is 5.02. The van der Waals surface area contributed by atoms with Crippen LogP contribution in [0, 0.1) is 11.6 Å². The molecule has 1 fully saturated rings. The first-order valence-corrected chi connectivity index (χ1v) is 6.89. The molecule has 116 valence electrons. The molecule has 1 aromatic rings. The highest BCUT2D eigenvalue weighted by atomic mass is 19.2. The van der Waals surface area contributed by atoms with Crippen molar-refractivity contribution in [1.29, 1.82) is 0 Å². The Kier molecular flexibility index (Phi) is 5.60. The average molecular weight is 299 g/mol. The summed E-state index contributed by atoms with van der Waals surface area (Å²) in [6, 6.07) is 3.28. The molecule has 5 nitrogen and oxygen atoms in total. The Morgan fingerprint density at radius 3 is 2.43 bits per heavy atom. The summed E-state index contributed by atoms with van der Waals surface area (Å²) in [4.78, 5) is 16.0. The number of aliphatic hydroxyl groups excluding tert-OH is 1. The second kappa shape index (κ2) is 7.44. The third-order valence-electron chi connectivity index (χ3n) is 3.45. The van der Waals surface area contributed by atoms with E-state index in [0.717, 1.165) is 38.3 Å². The van der Waals surface area contributed by atoms with Crippen LogP contribution in [0.5, 0.6) is 0 Å². The Bertz CT molecular complexity index is 491. The molecule has 1 aliphatic rings. The number of aliphatic hydroxyl groups is 1. The highest BCUT2D eigenvalue weighted by Gasteiger charge is 2.18. The summed E-state index contributed by atoms with van der Waals surface area (Å²) in [6.07, 6.45) is 0. The highest BCUT2D eigenvalue weighted by Crippen LogP contribution is 2.13. The van der Waals surface area contributed by atoms with Crippen LogP contribution in [-0.2, 0) is 4.79 Å². The fraction of sp³-hybridized carbons (Fsp3) is 0.500. The van der Waals surface area contributed by atoms with Gasteiger partial charge in [0.2, 0.25) is 5.91 Å². The summed E-state index contributed by atoms with van der Waals surface area (Å²) < 4.78 is 25.8. The van der Waals surface area contributed by atoms with Crippen LogP contribution in [0.1, 0.15) is 0 Å². The summed E-state index contributed by atoms with van der Waals surface area (Å²) in [7, 11) is 0. The van der Waals surface area contributed by atoms with Gasteiger partial charge >= 0.3 is 0 Å². The molecule has 2 N–H and O–H groups in total. The lowest BCUT2D eigenvalue weighted by Gasteiger charge is -2.33. The third kappa shape index (κ3) is 4.73. The summed E-state index contributed by atoms with van der Waals surface area (Å²) in [5, 5.41) is 11.4. The lowest BCUT2D eigenvalue weighted by atomic mass is 10.3. The molecule has 7 heteroatoms. The molecule has 0 saturated carbocycles. The number of rotatable bonds is 5. The Morgan fingerprint density at radius 1 is 1.14 bits per heavy atom. The van der Waals surface area contributed by atoms with Crippen LogP contribution in [0.2, 0.25) is 0 Å². The number of carbonyl (C=O) groups excluding carboxylic acids is 1. The number of hydrogen-bond donors (Lipinski definition) is 2. The van der Waals surface area contributed by atoms with E-state index < -0.39 is 11.6 Å². The van der Waals surface area contributed by atoms with Gasteiger partial charge in [0.05, 0.1) is 13.2 Å². The molecule has 0 radical (unpaired) electrons. The Morgan fingerprint density at radius 2 is 1.81 bits per heavy atom. The molecule has 0 atom stereocenters. The number of halogens is 2. The van der Waals surface area contributed by atoms with Crippen LogP contribution in [0.4, 0.5) is 14.5 Å². The second-order valence-corrected chi connectivity index (χ2v) is 5.02. The van der Waals surface area contributed by atoms with Gasteiger partial charge in [-0.1, -0.05) is 0 Å². The van der Waals surface area contributed by atoms with Gasteiger partial charge in [-0.2, -0.15) is 0 Å². The molecule has 0 aromatic heterocycles. The molecular formula is C14H19F2N3O2. The number of benzene rings is 1. The molecule has 0 bridgehead atoms. The molecule has 1 aromatic carbocycles. The van der Waals surface area contributed by atoms with Crippen LogP contribution in [-0.4, -0.2) is 66.7 Å². The zero-order valence-corrected chi connectivity index (χ0v) is 11.7. The largest absolute Gasteiger partial charge is 0.395 e. The van der Waals surface area contributed by atoms with Crippen LogP contribution >= 0.6 is 0 Å². The van der Waals surface area contributed by atoms with Gasteiger partial charge in [0, 0.05) is 44.5 Å². The molecule has 0 unspecified atom stereocenters. The topological polar surface area (TPSA) is 55.8 Å². The number of β-amino-alcohol motifs (C(OH)–C–C–N with tert-alkyl or cyclic N) is 1. The first-order valence-electron chi connectivity index (χ1n) is 6.89. The molecule has 1 saturated heterocycles. The fourth-order valence-corrected chi connectivity index (χ4v) is 2.29. The molecule has 1 amide bonds. The minimum absolute atomic E-state index is 0.136. The van der Waals surface area contributed by atoms with E-state index in [0.29, 0.717) is 6.54 Å². The van der Waals surface area contributed by atoms with Crippen molar-refractivity contribution in [2.75, 3.05) is 51.2 Å². The molecule has 0 aliphatic carbocycles. The van der Waals surface area contributed by atoms with Crippen LogP contribution in [0.3, 0.4) is 0 Å². The van der Waals surface area contributed by atoms with E-state index in [1.54, 1.807) is 0 Å². The van der Waals surface area contributed by atoms with Crippen LogP contribution < -0.4 is 5.32 Å². The third-order valence-corrected chi connectivity index (χ3v) is 3.45. The van der Waals surface area contributed by atoms with Crippen molar-refractivity contribution in [1.82, 2.24) is 9.80 Å². The number of carbonyl (C=O) groups is 1. The smallest absolute Gasteiger partial charge is 0.238 e. The van der Waals surface area contributed by atoms with Crippen molar-refractivity contribution in [3.8, 4) is 0 Å². The van der Waals surface area contributed by atoms with E-state index >= 15 is 0 Å². The van der Waals surface area contributed by atoms with Crippen molar-refractivity contribution < 1.29 is 18.7 Å². The molecule has 2 rings (SSSR count). The van der Waals surface area contributed by atoms with Crippen molar-refractivity contribution >= 4 is 11.6 Å². The van der Waals surface area contributed by atoms with Gasteiger partial charge in [-0.15, -0.1) is 0 Å². The Labute approximate surface area is 122 Å². The lowest BCUT2D eigenvalue weighted by Crippen LogP contribution is -2.49. The normalized spacial score (nSPS) is 16.9. The van der Waals surface area contributed by atoms with E-state index in [1.165, 1.54) is 6.07 Å². The first-order chi connectivity index (χ1) is 10.1. The van der Waals surface area contributed by atoms with Crippen molar-refractivity contribution in [3.05, 3.63) is 29.8 Å². The molecule has 0 spiro atoms. The monoisotopic (exact) mass is 299 g/mol. The Hall–Kier alpha value is -1.57. The summed E-state index contributed by atoms with van der Waals surface area (Å²) in [5.41, 5.74) is 0.248. The van der Waals surface area contributed by atoms with Crippen molar-refractivity contribution in [2.24, 2.45) is 0 Å². The van der Waals surface area contributed by atoms with Gasteiger partial charge in [0.25, 0.3) is 0 Å². The maximum absolute atomic E-state index is 13.0. The van der Waals surface area contributed by atoms with Crippen molar-refractivity contribution in [3.63, 3.8) is 0 Å². The number of hydrogen-bond acceptors (Lipinski definition) is 4. The van der Waals surface area contributed by atoms with E-state index in [1.807, 2.05) is 4.90 Å². The molecule has 1 aliphatic heterocycles. The zero-order chi connectivity index (χ0) is 15.2. The van der Waals surface area contributed by atoms with Gasteiger partial charge in [-0.3, -0.25) is 14.6 Å². The number of amides is 1. The number of anilines is 1. The van der Waals surface area contributed by atoms with E-state index in [2.05, 4.69) is 10.2 Å². The quantitative estimate of drug-likeness (QED) is 0.832. The minimum atomic E-state index is -0.981. The maximum Gasteiger partial charge on any atom is 0.238 e. The van der Waals surface area contributed by atoms with E-state index in [4.69, 9.17) is 5.11 Å². The summed E-state index contributed by atoms with van der Waals surface area (Å²) in [6.45, 7) is 4.09. The minimum Gasteiger partial charge on any atom is -0.395 e. The van der Waals surface area contributed by atoms with Gasteiger partial charge in [-0.05, 0) is 12.1 Å². The molecule has 1 heterocycles. The van der Waals surface area contributed by atoms with Gasteiger partial charge in [0.15, 0.2) is 11.6 Å². The fourth-order valence-electron chi connectivity index (χ4n) is 2.29. The number of nitrogens with zero attached hydrogens (tertiary/aromatic N) is 2. The standard InChI is InChI=1S/C14H19F2N3O2/c15-12-2-1-11(9-13(12)16)17-14(21)10-19-5-3-18(4-6-19)7-8-20/h1-2,9,20H,3-8,10H2,(H,17,21). The highest BCUT2D eigenvalue weighted by molar-refractivity contribution is 5.92. The maximum atomic E-state index is 13.0. The molecule has 21 heavy (non-hydrogen) atoms. The number of piperazine rings is 1. The SMILES string of the molecule is O=C(CN1CCN(CCO)CC1)Nc1ccc(F)c(F)c1. The van der Waals surface area contributed by atoms with E-state index in [9.17, 15) is 13.6 Å². The van der Waals surface area contributed by atoms with Gasteiger partial charge < -0.3 is 10.4 Å². The predicted molar refractivity (Wildman–Crippen MR) is 75.0 cm³/mol. The van der Waals surface area contributed by atoms with Crippen molar-refractivity contribution in [2.45, 2.75) is 0 Å². The van der Waals surface area contributed by atoms with E-state index in [-0.39, 0.29) is 24.7 Å². The van der Waals surface area contributed by atoms with Gasteiger partial charge in [0.1, 0.15) is 0 Å². The zero-order valence-electron chi connectivity index (χ0n) is 11.7. The first kappa shape index (κ1) is 15.8. The summed E-state index contributed by atoms with van der Waals surface area (Å²) >= 11 is 0.